The van der Waals surface area contributed by atoms with E-state index in [-0.39, 0.29) is 30.3 Å². The molecular weight excluding hydrogens is 318 g/mol. The van der Waals surface area contributed by atoms with Crippen LogP contribution < -0.4 is 5.73 Å². The van der Waals surface area contributed by atoms with Gasteiger partial charge in [0, 0.05) is 24.2 Å². The van der Waals surface area contributed by atoms with Crippen LogP contribution in [0.3, 0.4) is 0 Å². The molecule has 3 N–H and O–H groups in total. The van der Waals surface area contributed by atoms with Gasteiger partial charge in [-0.15, -0.1) is 12.4 Å². The Hall–Kier alpha value is -1.86. The standard InChI is InChI=1S/C15H19N5O2.ClH/c16-6-12-18-11(8-22-12)14(21)20-5-1-3-15(9-20)4-2-10-7-17-19-13(10)15;/h7-8H,1-6,9,16H2,(H,17,19);1H. The monoisotopic (exact) mass is 337 g/mol. The summed E-state index contributed by atoms with van der Waals surface area (Å²) in [5.41, 5.74) is 8.37. The van der Waals surface area contributed by atoms with Crippen molar-refractivity contribution in [3.63, 3.8) is 0 Å². The minimum absolute atomic E-state index is 0. The number of aromatic amines is 1. The normalized spacial score (nSPS) is 22.9. The van der Waals surface area contributed by atoms with E-state index in [9.17, 15) is 4.79 Å². The third-order valence-corrected chi connectivity index (χ3v) is 4.93. The second-order valence-electron chi connectivity index (χ2n) is 6.21. The zero-order valence-corrected chi connectivity index (χ0v) is 13.6. The highest BCUT2D eigenvalue weighted by Crippen LogP contribution is 2.43. The maximum atomic E-state index is 12.7. The van der Waals surface area contributed by atoms with E-state index in [1.54, 1.807) is 0 Å². The highest BCUT2D eigenvalue weighted by molar-refractivity contribution is 5.92. The van der Waals surface area contributed by atoms with Crippen molar-refractivity contribution < 1.29 is 9.21 Å². The van der Waals surface area contributed by atoms with E-state index in [1.165, 1.54) is 17.5 Å². The Labute approximate surface area is 140 Å². The van der Waals surface area contributed by atoms with Gasteiger partial charge in [0.05, 0.1) is 12.7 Å². The molecule has 2 aromatic heterocycles. The third-order valence-electron chi connectivity index (χ3n) is 4.93. The number of H-pyrrole nitrogens is 1. The Morgan fingerprint density at radius 2 is 2.35 bits per heavy atom. The predicted molar refractivity (Wildman–Crippen MR) is 85.4 cm³/mol. The van der Waals surface area contributed by atoms with E-state index < -0.39 is 0 Å². The molecule has 2 aliphatic rings. The summed E-state index contributed by atoms with van der Waals surface area (Å²) in [7, 11) is 0. The number of carbonyl (C=O) groups is 1. The number of hydrogen-bond donors (Lipinski definition) is 2. The van der Waals surface area contributed by atoms with Crippen LogP contribution in [0.15, 0.2) is 16.9 Å². The van der Waals surface area contributed by atoms with Crippen LogP contribution in [0.4, 0.5) is 0 Å². The molecule has 1 saturated heterocycles. The molecule has 0 saturated carbocycles. The number of piperidine rings is 1. The van der Waals surface area contributed by atoms with E-state index in [0.29, 0.717) is 18.1 Å². The van der Waals surface area contributed by atoms with E-state index in [2.05, 4.69) is 15.2 Å². The first-order valence-corrected chi connectivity index (χ1v) is 7.68. The minimum atomic E-state index is -0.0736. The van der Waals surface area contributed by atoms with Crippen molar-refractivity contribution in [3.8, 4) is 0 Å². The number of hydrogen-bond acceptors (Lipinski definition) is 5. The molecule has 0 aromatic carbocycles. The fourth-order valence-electron chi connectivity index (χ4n) is 3.84. The van der Waals surface area contributed by atoms with E-state index >= 15 is 0 Å². The molecule has 1 fully saturated rings. The first-order chi connectivity index (χ1) is 10.7. The van der Waals surface area contributed by atoms with Gasteiger partial charge < -0.3 is 15.1 Å². The predicted octanol–water partition coefficient (Wildman–Crippen LogP) is 1.40. The molecule has 4 rings (SSSR count). The number of halogens is 1. The summed E-state index contributed by atoms with van der Waals surface area (Å²) < 4.78 is 5.19. The van der Waals surface area contributed by atoms with Crippen LogP contribution >= 0.6 is 12.4 Å². The SMILES string of the molecule is Cl.NCc1nc(C(=O)N2CCCC3(CCc4cn[nH]c43)C2)co1. The lowest BCUT2D eigenvalue weighted by atomic mass is 9.77. The van der Waals surface area contributed by atoms with Crippen molar-refractivity contribution in [3.05, 3.63) is 35.3 Å². The summed E-state index contributed by atoms with van der Waals surface area (Å²) in [4.78, 5) is 18.7. The average Bonchev–Trinajstić information content (AvgIpc) is 3.25. The molecule has 1 spiro atoms. The Kier molecular flexibility index (Phi) is 4.16. The Morgan fingerprint density at radius 1 is 1.48 bits per heavy atom. The van der Waals surface area contributed by atoms with E-state index in [0.717, 1.165) is 32.2 Å². The fourth-order valence-corrected chi connectivity index (χ4v) is 3.84. The molecule has 1 unspecified atom stereocenters. The summed E-state index contributed by atoms with van der Waals surface area (Å²) >= 11 is 0. The smallest absolute Gasteiger partial charge is 0.275 e. The number of carbonyl (C=O) groups excluding carboxylic acids is 1. The summed E-state index contributed by atoms with van der Waals surface area (Å²) in [6, 6.07) is 0. The maximum absolute atomic E-state index is 12.7. The van der Waals surface area contributed by atoms with Crippen molar-refractivity contribution in [1.82, 2.24) is 20.1 Å². The maximum Gasteiger partial charge on any atom is 0.275 e. The second-order valence-corrected chi connectivity index (χ2v) is 6.21. The molecule has 2 aromatic rings. The molecule has 8 heteroatoms. The van der Waals surface area contributed by atoms with Crippen molar-refractivity contribution in [2.45, 2.75) is 37.6 Å². The lowest BCUT2D eigenvalue weighted by Gasteiger charge is -2.40. The van der Waals surface area contributed by atoms with Crippen molar-refractivity contribution in [1.29, 1.82) is 0 Å². The zero-order valence-electron chi connectivity index (χ0n) is 12.7. The van der Waals surface area contributed by atoms with Gasteiger partial charge in [0.15, 0.2) is 5.69 Å². The van der Waals surface area contributed by atoms with Crippen LogP contribution in [0.25, 0.3) is 0 Å². The topological polar surface area (TPSA) is 101 Å². The molecule has 3 heterocycles. The van der Waals surface area contributed by atoms with Crippen molar-refractivity contribution in [2.75, 3.05) is 13.1 Å². The first kappa shape index (κ1) is 16.0. The van der Waals surface area contributed by atoms with Gasteiger partial charge in [-0.05, 0) is 31.2 Å². The van der Waals surface area contributed by atoms with Crippen molar-refractivity contribution in [2.24, 2.45) is 5.73 Å². The van der Waals surface area contributed by atoms with Gasteiger partial charge in [0.25, 0.3) is 5.91 Å². The highest BCUT2D eigenvalue weighted by atomic mass is 35.5. The highest BCUT2D eigenvalue weighted by Gasteiger charge is 2.44. The van der Waals surface area contributed by atoms with Gasteiger partial charge in [-0.25, -0.2) is 4.98 Å². The Morgan fingerprint density at radius 3 is 3.13 bits per heavy atom. The number of likely N-dealkylation sites (tertiary alicyclic amines) is 1. The number of fused-ring (bicyclic) bond motifs is 2. The van der Waals surface area contributed by atoms with Crippen LogP contribution in [0.2, 0.25) is 0 Å². The number of nitrogens with zero attached hydrogens (tertiary/aromatic N) is 3. The molecule has 7 nitrogen and oxygen atoms in total. The number of nitrogens with two attached hydrogens (primary N) is 1. The lowest BCUT2D eigenvalue weighted by molar-refractivity contribution is 0.0627. The van der Waals surface area contributed by atoms with Gasteiger partial charge in [-0.1, -0.05) is 0 Å². The average molecular weight is 338 g/mol. The van der Waals surface area contributed by atoms with Crippen molar-refractivity contribution >= 4 is 18.3 Å². The molecule has 1 aliphatic carbocycles. The Balaban J connectivity index is 0.00000156. The number of amides is 1. The molecule has 0 radical (unpaired) electrons. The van der Waals surface area contributed by atoms with Gasteiger partial charge in [-0.2, -0.15) is 5.10 Å². The van der Waals surface area contributed by atoms with Gasteiger partial charge in [0.2, 0.25) is 5.89 Å². The van der Waals surface area contributed by atoms with E-state index in [4.69, 9.17) is 10.2 Å². The van der Waals surface area contributed by atoms with Crippen LogP contribution in [-0.2, 0) is 18.4 Å². The van der Waals surface area contributed by atoms with Crippen LogP contribution in [0.1, 0.15) is 46.9 Å². The van der Waals surface area contributed by atoms with Gasteiger partial charge >= 0.3 is 0 Å². The molecule has 0 bridgehead atoms. The fraction of sp³-hybridized carbons (Fsp3) is 0.533. The number of oxazole rings is 1. The van der Waals surface area contributed by atoms with E-state index in [1.807, 2.05) is 11.1 Å². The quantitative estimate of drug-likeness (QED) is 0.862. The van der Waals surface area contributed by atoms with Crippen LogP contribution in [-0.4, -0.2) is 39.1 Å². The molecule has 1 atom stereocenters. The largest absolute Gasteiger partial charge is 0.447 e. The summed E-state index contributed by atoms with van der Waals surface area (Å²) in [5, 5.41) is 7.32. The van der Waals surface area contributed by atoms with Gasteiger partial charge in [-0.3, -0.25) is 9.89 Å². The molecule has 23 heavy (non-hydrogen) atoms. The number of rotatable bonds is 2. The molecule has 1 aliphatic heterocycles. The number of aryl methyl sites for hydroxylation is 1. The van der Waals surface area contributed by atoms with Crippen LogP contribution in [0, 0.1) is 0 Å². The molecular formula is C15H20ClN5O2. The first-order valence-electron chi connectivity index (χ1n) is 7.68. The minimum Gasteiger partial charge on any atom is -0.447 e. The summed E-state index contributed by atoms with van der Waals surface area (Å²) in [6.07, 6.45) is 7.52. The summed E-state index contributed by atoms with van der Waals surface area (Å²) in [6.45, 7) is 1.68. The van der Waals surface area contributed by atoms with Gasteiger partial charge in [0.1, 0.15) is 6.26 Å². The molecule has 1 amide bonds. The lowest BCUT2D eigenvalue weighted by Crippen LogP contribution is -2.48. The Bertz CT molecular complexity index is 712. The third kappa shape index (κ3) is 2.53. The van der Waals surface area contributed by atoms with Crippen LogP contribution in [0.5, 0.6) is 0 Å². The molecule has 124 valence electrons. The summed E-state index contributed by atoms with van der Waals surface area (Å²) in [5.74, 6) is 0.322. The number of nitrogens with one attached hydrogen (secondary N) is 1. The number of aromatic nitrogens is 3. The second kappa shape index (κ2) is 5.98. The zero-order chi connectivity index (χ0) is 15.2.